The summed E-state index contributed by atoms with van der Waals surface area (Å²) in [6, 6.07) is 6.12. The zero-order valence-electron chi connectivity index (χ0n) is 11.9. The number of hydrogen-bond acceptors (Lipinski definition) is 2. The highest BCUT2D eigenvalue weighted by Gasteiger charge is 2.31. The van der Waals surface area contributed by atoms with Crippen molar-refractivity contribution >= 4 is 5.69 Å². The first-order valence-corrected chi connectivity index (χ1v) is 7.31. The molecular weight excluding hydrogens is 239 g/mol. The molecule has 0 bridgehead atoms. The molecule has 0 unspecified atom stereocenters. The molecule has 1 saturated carbocycles. The lowest BCUT2D eigenvalue weighted by atomic mass is 9.93. The highest BCUT2D eigenvalue weighted by molar-refractivity contribution is 5.56. The third kappa shape index (κ3) is 2.92. The van der Waals surface area contributed by atoms with E-state index in [1.54, 1.807) is 6.07 Å². The molecule has 1 heterocycles. The Morgan fingerprint density at radius 2 is 2.16 bits per heavy atom. The van der Waals surface area contributed by atoms with Crippen molar-refractivity contribution in [3.05, 3.63) is 29.6 Å². The van der Waals surface area contributed by atoms with Gasteiger partial charge in [0.15, 0.2) is 0 Å². The highest BCUT2D eigenvalue weighted by atomic mass is 19.1. The summed E-state index contributed by atoms with van der Waals surface area (Å²) < 4.78 is 14.2. The van der Waals surface area contributed by atoms with Crippen molar-refractivity contribution in [2.45, 2.75) is 45.7 Å². The van der Waals surface area contributed by atoms with Gasteiger partial charge in [0.1, 0.15) is 5.82 Å². The Bertz CT molecular complexity index is 466. The summed E-state index contributed by atoms with van der Waals surface area (Å²) in [5.41, 5.74) is 2.22. The van der Waals surface area contributed by atoms with Crippen LogP contribution in [0.2, 0.25) is 0 Å². The van der Waals surface area contributed by atoms with Gasteiger partial charge in [-0.05, 0) is 36.3 Å². The Hall–Kier alpha value is -1.09. The van der Waals surface area contributed by atoms with Crippen molar-refractivity contribution in [1.82, 2.24) is 5.32 Å². The lowest BCUT2D eigenvalue weighted by Gasteiger charge is -2.25. The molecule has 1 aromatic rings. The van der Waals surface area contributed by atoms with Gasteiger partial charge in [-0.15, -0.1) is 0 Å². The summed E-state index contributed by atoms with van der Waals surface area (Å²) in [4.78, 5) is 2.22. The fourth-order valence-electron chi connectivity index (χ4n) is 2.90. The molecule has 3 heteroatoms. The lowest BCUT2D eigenvalue weighted by Crippen LogP contribution is -2.26. The molecule has 0 radical (unpaired) electrons. The molecule has 3 rings (SSSR count). The predicted molar refractivity (Wildman–Crippen MR) is 76.9 cm³/mol. The molecule has 0 aromatic heterocycles. The Labute approximate surface area is 115 Å². The Balaban J connectivity index is 1.81. The van der Waals surface area contributed by atoms with E-state index in [9.17, 15) is 4.39 Å². The van der Waals surface area contributed by atoms with Crippen LogP contribution in [0.25, 0.3) is 0 Å². The minimum Gasteiger partial charge on any atom is -0.368 e. The van der Waals surface area contributed by atoms with Gasteiger partial charge in [0, 0.05) is 25.7 Å². The zero-order chi connectivity index (χ0) is 13.5. The maximum absolute atomic E-state index is 14.2. The Morgan fingerprint density at radius 3 is 2.79 bits per heavy atom. The van der Waals surface area contributed by atoms with E-state index in [1.165, 1.54) is 12.8 Å². The number of nitrogens with one attached hydrogen (secondary N) is 1. The molecule has 1 aromatic carbocycles. The van der Waals surface area contributed by atoms with Crippen molar-refractivity contribution in [2.75, 3.05) is 18.0 Å². The van der Waals surface area contributed by atoms with Crippen LogP contribution in [0.1, 0.15) is 38.7 Å². The van der Waals surface area contributed by atoms with Gasteiger partial charge in [-0.1, -0.05) is 26.0 Å². The number of hydrogen-bond donors (Lipinski definition) is 1. The van der Waals surface area contributed by atoms with Gasteiger partial charge in [-0.25, -0.2) is 4.39 Å². The van der Waals surface area contributed by atoms with E-state index >= 15 is 0 Å². The van der Waals surface area contributed by atoms with Crippen LogP contribution in [0.4, 0.5) is 10.1 Å². The molecule has 1 aliphatic carbocycles. The van der Waals surface area contributed by atoms with Crippen LogP contribution < -0.4 is 10.2 Å². The molecule has 1 aliphatic heterocycles. The van der Waals surface area contributed by atoms with Crippen molar-refractivity contribution in [3.8, 4) is 0 Å². The molecule has 1 saturated heterocycles. The van der Waals surface area contributed by atoms with Crippen molar-refractivity contribution < 1.29 is 4.39 Å². The van der Waals surface area contributed by atoms with Crippen LogP contribution >= 0.6 is 0 Å². The molecule has 0 amide bonds. The van der Waals surface area contributed by atoms with Crippen LogP contribution in [-0.4, -0.2) is 19.1 Å². The fourth-order valence-corrected chi connectivity index (χ4v) is 2.90. The van der Waals surface area contributed by atoms with Gasteiger partial charge in [-0.2, -0.15) is 0 Å². The summed E-state index contributed by atoms with van der Waals surface area (Å²) in [7, 11) is 0. The first-order chi connectivity index (χ1) is 9.05. The Kier molecular flexibility index (Phi) is 3.25. The monoisotopic (exact) mass is 262 g/mol. The van der Waals surface area contributed by atoms with Crippen LogP contribution in [0.15, 0.2) is 18.2 Å². The fraction of sp³-hybridized carbons (Fsp3) is 0.625. The topological polar surface area (TPSA) is 15.3 Å². The van der Waals surface area contributed by atoms with Gasteiger partial charge in [-0.3, -0.25) is 0 Å². The number of halogens is 1. The molecular formula is C16H23FN2. The number of para-hydroxylation sites is 1. The first kappa shape index (κ1) is 12.9. The summed E-state index contributed by atoms with van der Waals surface area (Å²) in [5, 5.41) is 3.49. The minimum atomic E-state index is -0.0761. The molecule has 19 heavy (non-hydrogen) atoms. The largest absolute Gasteiger partial charge is 0.368 e. The van der Waals surface area contributed by atoms with Gasteiger partial charge in [0.2, 0.25) is 0 Å². The number of anilines is 1. The molecule has 2 fully saturated rings. The van der Waals surface area contributed by atoms with E-state index in [0.717, 1.165) is 37.3 Å². The van der Waals surface area contributed by atoms with Crippen LogP contribution in [-0.2, 0) is 6.54 Å². The van der Waals surface area contributed by atoms with Gasteiger partial charge in [0.25, 0.3) is 0 Å². The quantitative estimate of drug-likeness (QED) is 0.895. The van der Waals surface area contributed by atoms with Crippen molar-refractivity contribution in [1.29, 1.82) is 0 Å². The van der Waals surface area contributed by atoms with Crippen LogP contribution in [0, 0.1) is 11.2 Å². The van der Waals surface area contributed by atoms with Crippen molar-refractivity contribution in [2.24, 2.45) is 5.41 Å². The maximum atomic E-state index is 14.2. The van der Waals surface area contributed by atoms with Gasteiger partial charge < -0.3 is 10.2 Å². The molecule has 1 N–H and O–H groups in total. The smallest absolute Gasteiger partial charge is 0.146 e. The molecule has 2 nitrogen and oxygen atoms in total. The zero-order valence-corrected chi connectivity index (χ0v) is 11.9. The van der Waals surface area contributed by atoms with E-state index in [4.69, 9.17) is 0 Å². The third-order valence-corrected chi connectivity index (χ3v) is 4.22. The molecule has 104 valence electrons. The second-order valence-corrected chi connectivity index (χ2v) is 6.74. The van der Waals surface area contributed by atoms with Crippen LogP contribution in [0.5, 0.6) is 0 Å². The Morgan fingerprint density at radius 1 is 1.37 bits per heavy atom. The summed E-state index contributed by atoms with van der Waals surface area (Å²) in [6.45, 7) is 7.22. The van der Waals surface area contributed by atoms with E-state index in [1.807, 2.05) is 6.07 Å². The summed E-state index contributed by atoms with van der Waals surface area (Å²) in [6.07, 6.45) is 3.67. The standard InChI is InChI=1S/C16H23FN2/c1-16(2)8-9-19(11-16)15-12(4-3-5-14(15)17)10-18-13-6-7-13/h3-5,13,18H,6-11H2,1-2H3. The average molecular weight is 262 g/mol. The summed E-state index contributed by atoms with van der Waals surface area (Å²) >= 11 is 0. The van der Waals surface area contributed by atoms with Crippen LogP contribution in [0.3, 0.4) is 0 Å². The predicted octanol–water partition coefficient (Wildman–Crippen LogP) is 3.31. The van der Waals surface area contributed by atoms with E-state index in [-0.39, 0.29) is 5.82 Å². The van der Waals surface area contributed by atoms with Crippen molar-refractivity contribution in [3.63, 3.8) is 0 Å². The second kappa shape index (κ2) is 4.78. The van der Waals surface area contributed by atoms with Gasteiger partial charge >= 0.3 is 0 Å². The van der Waals surface area contributed by atoms with E-state index < -0.39 is 0 Å². The normalized spacial score (nSPS) is 21.9. The van der Waals surface area contributed by atoms with E-state index in [2.05, 4.69) is 30.1 Å². The molecule has 2 aliphatic rings. The second-order valence-electron chi connectivity index (χ2n) is 6.74. The first-order valence-electron chi connectivity index (χ1n) is 7.31. The number of benzene rings is 1. The molecule has 0 atom stereocenters. The molecule has 0 spiro atoms. The summed E-state index contributed by atoms with van der Waals surface area (Å²) in [5.74, 6) is -0.0761. The van der Waals surface area contributed by atoms with Gasteiger partial charge in [0.05, 0.1) is 5.69 Å². The lowest BCUT2D eigenvalue weighted by molar-refractivity contribution is 0.418. The minimum absolute atomic E-state index is 0.0761. The number of nitrogens with zero attached hydrogens (tertiary/aromatic N) is 1. The highest BCUT2D eigenvalue weighted by Crippen LogP contribution is 2.35. The SMILES string of the molecule is CC1(C)CCN(c2c(F)cccc2CNC2CC2)C1. The number of rotatable bonds is 4. The van der Waals surface area contributed by atoms with E-state index in [0.29, 0.717) is 11.5 Å². The average Bonchev–Trinajstić information content (AvgIpc) is 3.11. The third-order valence-electron chi connectivity index (χ3n) is 4.22. The maximum Gasteiger partial charge on any atom is 0.146 e.